The van der Waals surface area contributed by atoms with Crippen LogP contribution in [0.15, 0.2) is 18.2 Å². The van der Waals surface area contributed by atoms with Gasteiger partial charge in [-0.2, -0.15) is 13.2 Å². The lowest BCUT2D eigenvalue weighted by atomic mass is 9.80. The summed E-state index contributed by atoms with van der Waals surface area (Å²) >= 11 is 0. The van der Waals surface area contributed by atoms with Crippen LogP contribution in [0.3, 0.4) is 0 Å². The zero-order valence-electron chi connectivity index (χ0n) is 12.4. The minimum atomic E-state index is -5.02. The topological polar surface area (TPSA) is 86.6 Å². The number of rotatable bonds is 3. The Balaban J connectivity index is 2.54. The van der Waals surface area contributed by atoms with Gasteiger partial charge in [-0.25, -0.2) is 4.79 Å². The molecule has 126 valence electrons. The average molecular weight is 331 g/mol. The van der Waals surface area contributed by atoms with Crippen LogP contribution in [0, 0.1) is 11.8 Å². The number of ketones is 1. The lowest BCUT2D eigenvalue weighted by molar-refractivity contribution is -0.279. The van der Waals surface area contributed by atoms with Crippen molar-refractivity contribution in [1.29, 1.82) is 0 Å². The van der Waals surface area contributed by atoms with Crippen molar-refractivity contribution in [2.45, 2.75) is 32.0 Å². The first-order chi connectivity index (χ1) is 10.5. The lowest BCUT2D eigenvalue weighted by Gasteiger charge is -2.33. The number of hydrogen-bond donors (Lipinski definition) is 3. The van der Waals surface area contributed by atoms with Crippen LogP contribution < -0.4 is 5.32 Å². The Hall–Kier alpha value is -2.09. The molecule has 0 spiro atoms. The zero-order valence-corrected chi connectivity index (χ0v) is 12.4. The maximum Gasteiger partial charge on any atom is 0.422 e. The Kier molecular flexibility index (Phi) is 4.14. The quantitative estimate of drug-likeness (QED) is 0.795. The molecular weight excluding hydrogens is 315 g/mol. The van der Waals surface area contributed by atoms with Crippen molar-refractivity contribution in [3.8, 4) is 0 Å². The van der Waals surface area contributed by atoms with Gasteiger partial charge in [0, 0.05) is 11.6 Å². The summed E-state index contributed by atoms with van der Waals surface area (Å²) in [6, 6.07) is 3.36. The largest absolute Gasteiger partial charge is 0.465 e. The molecule has 23 heavy (non-hydrogen) atoms. The van der Waals surface area contributed by atoms with E-state index in [9.17, 15) is 27.9 Å². The van der Waals surface area contributed by atoms with E-state index in [1.54, 1.807) is 0 Å². The fourth-order valence-corrected chi connectivity index (χ4v) is 2.95. The molecular formula is C15H16F3NO4. The summed E-state index contributed by atoms with van der Waals surface area (Å²) in [4.78, 5) is 22.8. The standard InChI is InChI=1S/C15H16F3NO4/c1-7(2)12(20)11-6-8-5-9(19-13(21)22)3-4-10(8)14(11,23)15(16,17)18/h3-5,7,11,19,23H,6H2,1-2H3,(H,21,22)/t11?,14-/m0/s1. The maximum atomic E-state index is 13.5. The molecule has 1 unspecified atom stereocenters. The highest BCUT2D eigenvalue weighted by atomic mass is 19.4. The first kappa shape index (κ1) is 17.3. The molecule has 0 aliphatic heterocycles. The monoisotopic (exact) mass is 331 g/mol. The summed E-state index contributed by atoms with van der Waals surface area (Å²) in [7, 11) is 0. The van der Waals surface area contributed by atoms with Crippen LogP contribution in [0.2, 0.25) is 0 Å². The van der Waals surface area contributed by atoms with Crippen LogP contribution >= 0.6 is 0 Å². The van der Waals surface area contributed by atoms with Crippen LogP contribution in [0.1, 0.15) is 25.0 Å². The van der Waals surface area contributed by atoms with Crippen LogP contribution in [0.25, 0.3) is 0 Å². The highest BCUT2D eigenvalue weighted by Gasteiger charge is 2.65. The second-order valence-corrected chi connectivity index (χ2v) is 5.88. The average Bonchev–Trinajstić information content (AvgIpc) is 2.70. The summed E-state index contributed by atoms with van der Waals surface area (Å²) < 4.78 is 40.5. The van der Waals surface area contributed by atoms with Gasteiger partial charge in [-0.15, -0.1) is 0 Å². The van der Waals surface area contributed by atoms with Gasteiger partial charge in [0.05, 0.1) is 5.92 Å². The van der Waals surface area contributed by atoms with Crippen LogP contribution in [-0.2, 0) is 16.8 Å². The molecule has 1 aliphatic rings. The van der Waals surface area contributed by atoms with Gasteiger partial charge < -0.3 is 10.2 Å². The fourth-order valence-electron chi connectivity index (χ4n) is 2.95. The van der Waals surface area contributed by atoms with Crippen molar-refractivity contribution in [2.75, 3.05) is 5.32 Å². The number of halogens is 3. The Bertz CT molecular complexity index is 657. The first-order valence-electron chi connectivity index (χ1n) is 6.94. The van der Waals surface area contributed by atoms with E-state index in [0.717, 1.165) is 12.1 Å². The number of Topliss-reactive ketones (excluding diaryl/α,β-unsaturated/α-hetero) is 1. The molecule has 0 radical (unpaired) electrons. The number of carbonyl (C=O) groups excluding carboxylic acids is 1. The van der Waals surface area contributed by atoms with Crippen molar-refractivity contribution in [3.63, 3.8) is 0 Å². The molecule has 1 aromatic carbocycles. The second-order valence-electron chi connectivity index (χ2n) is 5.88. The van der Waals surface area contributed by atoms with Gasteiger partial charge in [0.15, 0.2) is 5.60 Å². The van der Waals surface area contributed by atoms with Gasteiger partial charge in [0.25, 0.3) is 0 Å². The van der Waals surface area contributed by atoms with Gasteiger partial charge in [-0.05, 0) is 29.7 Å². The summed E-state index contributed by atoms with van der Waals surface area (Å²) in [5, 5.41) is 21.1. The van der Waals surface area contributed by atoms with E-state index < -0.39 is 41.1 Å². The number of hydrogen-bond acceptors (Lipinski definition) is 3. The molecule has 8 heteroatoms. The third-order valence-corrected chi connectivity index (χ3v) is 4.04. The minimum Gasteiger partial charge on any atom is -0.465 e. The van der Waals surface area contributed by atoms with E-state index in [2.05, 4.69) is 0 Å². The molecule has 0 saturated carbocycles. The molecule has 3 N–H and O–H groups in total. The van der Waals surface area contributed by atoms with Gasteiger partial charge >= 0.3 is 12.3 Å². The number of fused-ring (bicyclic) bond motifs is 1. The Morgan fingerprint density at radius 1 is 1.35 bits per heavy atom. The van der Waals surface area contributed by atoms with Gasteiger partial charge in [-0.3, -0.25) is 10.1 Å². The molecule has 1 amide bonds. The number of carbonyl (C=O) groups is 2. The third-order valence-electron chi connectivity index (χ3n) is 4.04. The van der Waals surface area contributed by atoms with E-state index >= 15 is 0 Å². The van der Waals surface area contributed by atoms with Gasteiger partial charge in [0.2, 0.25) is 0 Å². The fraction of sp³-hybridized carbons (Fsp3) is 0.467. The maximum absolute atomic E-state index is 13.5. The number of carboxylic acid groups (broad SMARTS) is 1. The van der Waals surface area contributed by atoms with E-state index in [4.69, 9.17) is 5.11 Å². The lowest BCUT2D eigenvalue weighted by Crippen LogP contribution is -2.49. The van der Waals surface area contributed by atoms with Crippen molar-refractivity contribution in [1.82, 2.24) is 0 Å². The highest BCUT2D eigenvalue weighted by molar-refractivity contribution is 5.87. The molecule has 0 bridgehead atoms. The number of amides is 1. The smallest absolute Gasteiger partial charge is 0.422 e. The number of anilines is 1. The SMILES string of the molecule is CC(C)C(=O)C1Cc2cc(NC(=O)O)ccc2[C@@]1(O)C(F)(F)F. The zero-order chi connectivity index (χ0) is 17.6. The Morgan fingerprint density at radius 3 is 2.43 bits per heavy atom. The molecule has 0 aromatic heterocycles. The first-order valence-corrected chi connectivity index (χ1v) is 6.94. The van der Waals surface area contributed by atoms with Crippen molar-refractivity contribution < 1.29 is 33.0 Å². The number of aliphatic hydroxyl groups is 1. The number of alkyl halides is 3. The molecule has 0 saturated heterocycles. The number of benzene rings is 1. The highest BCUT2D eigenvalue weighted by Crippen LogP contribution is 2.52. The molecule has 1 aromatic rings. The van der Waals surface area contributed by atoms with Crippen LogP contribution in [-0.4, -0.2) is 28.3 Å². The molecule has 5 nitrogen and oxygen atoms in total. The van der Waals surface area contributed by atoms with E-state index in [1.807, 2.05) is 5.32 Å². The third kappa shape index (κ3) is 2.78. The summed E-state index contributed by atoms with van der Waals surface area (Å²) in [6.45, 7) is 2.94. The molecule has 2 rings (SSSR count). The van der Waals surface area contributed by atoms with Gasteiger partial charge in [0.1, 0.15) is 5.78 Å². The second kappa shape index (κ2) is 5.52. The van der Waals surface area contributed by atoms with Crippen molar-refractivity contribution in [2.24, 2.45) is 11.8 Å². The molecule has 1 aliphatic carbocycles. The predicted octanol–water partition coefficient (Wildman–Crippen LogP) is 2.92. The van der Waals surface area contributed by atoms with Crippen LogP contribution in [0.4, 0.5) is 23.7 Å². The summed E-state index contributed by atoms with van der Waals surface area (Å²) in [5.74, 6) is -2.99. The van der Waals surface area contributed by atoms with Crippen LogP contribution in [0.5, 0.6) is 0 Å². The van der Waals surface area contributed by atoms with Gasteiger partial charge in [-0.1, -0.05) is 19.9 Å². The minimum absolute atomic E-state index is 0.0819. The van der Waals surface area contributed by atoms with E-state index in [-0.39, 0.29) is 17.7 Å². The summed E-state index contributed by atoms with van der Waals surface area (Å²) in [6.07, 6.45) is -6.67. The van der Waals surface area contributed by atoms with E-state index in [0.29, 0.717) is 0 Å². The van der Waals surface area contributed by atoms with E-state index in [1.165, 1.54) is 19.9 Å². The van der Waals surface area contributed by atoms with Crippen molar-refractivity contribution in [3.05, 3.63) is 29.3 Å². The number of nitrogens with one attached hydrogen (secondary N) is 1. The molecule has 2 atom stereocenters. The Morgan fingerprint density at radius 2 is 1.96 bits per heavy atom. The predicted molar refractivity (Wildman–Crippen MR) is 75.1 cm³/mol. The summed E-state index contributed by atoms with van der Waals surface area (Å²) in [5.41, 5.74) is -3.47. The molecule has 0 fully saturated rings. The Labute approximate surface area is 130 Å². The van der Waals surface area contributed by atoms with Crippen molar-refractivity contribution >= 4 is 17.6 Å². The normalized spacial score (nSPS) is 23.7. The molecule has 0 heterocycles.